The molecule has 0 aromatic heterocycles. The van der Waals surface area contributed by atoms with Crippen LogP contribution in [-0.4, -0.2) is 17.1 Å². The first kappa shape index (κ1) is 23.7. The van der Waals surface area contributed by atoms with Gasteiger partial charge in [0.2, 0.25) is 5.76 Å². The minimum absolute atomic E-state index is 0. The molecule has 0 aromatic carbocycles. The SMILES string of the molecule is CC(=O)/C=C(\O)C(F)(F)F.[C-]#[O+].[C-]#[O+].[Ir]. The molecular weight excluding hydrogens is 397 g/mol. The summed E-state index contributed by atoms with van der Waals surface area (Å²) in [5, 5.41) is 8.07. The van der Waals surface area contributed by atoms with E-state index in [-0.39, 0.29) is 26.2 Å². The summed E-state index contributed by atoms with van der Waals surface area (Å²) >= 11 is 0. The van der Waals surface area contributed by atoms with E-state index in [0.717, 1.165) is 6.92 Å². The van der Waals surface area contributed by atoms with Crippen LogP contribution >= 0.6 is 0 Å². The number of rotatable bonds is 1. The van der Waals surface area contributed by atoms with E-state index in [4.69, 9.17) is 14.4 Å². The van der Waals surface area contributed by atoms with Gasteiger partial charge in [-0.2, -0.15) is 13.2 Å². The van der Waals surface area contributed by atoms with Gasteiger partial charge in [0.15, 0.2) is 5.78 Å². The second kappa shape index (κ2) is 13.1. The minimum atomic E-state index is -4.81. The predicted octanol–water partition coefficient (Wildman–Crippen LogP) is 1.50. The van der Waals surface area contributed by atoms with Gasteiger partial charge >= 0.3 is 28.8 Å². The van der Waals surface area contributed by atoms with Crippen molar-refractivity contribution >= 4 is 5.78 Å². The monoisotopic (exact) mass is 403 g/mol. The molecule has 0 saturated heterocycles. The molecule has 0 unspecified atom stereocenters. The predicted molar refractivity (Wildman–Crippen MR) is 35.3 cm³/mol. The topological polar surface area (TPSA) is 77.1 Å². The number of allylic oxidation sites excluding steroid dienone is 2. The van der Waals surface area contributed by atoms with Crippen molar-refractivity contribution < 1.29 is 52.5 Å². The van der Waals surface area contributed by atoms with Crippen molar-refractivity contribution in [2.75, 3.05) is 0 Å². The number of carbonyl (C=O) groups excluding carboxylic acids is 1. The van der Waals surface area contributed by atoms with Gasteiger partial charge in [0.05, 0.1) is 0 Å². The van der Waals surface area contributed by atoms with Crippen molar-refractivity contribution in [3.63, 3.8) is 0 Å². The summed E-state index contributed by atoms with van der Waals surface area (Å²) < 4.78 is 49.0. The second-order valence-corrected chi connectivity index (χ2v) is 1.64. The zero-order chi connectivity index (χ0) is 12.4. The third-order valence-electron chi connectivity index (χ3n) is 0.630. The molecule has 4 nitrogen and oxygen atoms in total. The fourth-order valence-electron chi connectivity index (χ4n) is 0.274. The van der Waals surface area contributed by atoms with Crippen LogP contribution in [0.15, 0.2) is 11.8 Å². The average molecular weight is 402 g/mol. The Kier molecular flexibility index (Phi) is 20.8. The molecule has 0 rings (SSSR count). The molecule has 15 heavy (non-hydrogen) atoms. The maximum absolute atomic E-state index is 11.3. The third kappa shape index (κ3) is 19.5. The number of hydrogen-bond acceptors (Lipinski definition) is 2. The molecule has 0 aromatic rings. The van der Waals surface area contributed by atoms with E-state index in [1.54, 1.807) is 0 Å². The van der Waals surface area contributed by atoms with Gasteiger partial charge in [-0.25, -0.2) is 0 Å². The Morgan fingerprint density at radius 1 is 1.27 bits per heavy atom. The van der Waals surface area contributed by atoms with E-state index in [9.17, 15) is 18.0 Å². The Labute approximate surface area is 96.9 Å². The number of carbonyl (C=O) groups is 1. The Morgan fingerprint density at radius 2 is 1.53 bits per heavy atom. The molecule has 0 aliphatic rings. The zero-order valence-corrected chi connectivity index (χ0v) is 9.61. The van der Waals surface area contributed by atoms with Gasteiger partial charge in [-0.3, -0.25) is 4.79 Å². The van der Waals surface area contributed by atoms with Crippen molar-refractivity contribution in [1.82, 2.24) is 0 Å². The Bertz CT molecular complexity index is 236. The number of alkyl halides is 3. The number of aliphatic hydroxyl groups excluding tert-OH is 1. The van der Waals surface area contributed by atoms with Crippen LogP contribution in [0.3, 0.4) is 0 Å². The first-order valence-corrected chi connectivity index (χ1v) is 2.73. The summed E-state index contributed by atoms with van der Waals surface area (Å²) in [7, 11) is 0. The molecule has 0 fully saturated rings. The fraction of sp³-hybridized carbons (Fsp3) is 0.286. The Balaban J connectivity index is -0.000000107. The standard InChI is InChI=1S/C5H5F3O2.2CO.Ir/c1-3(9)2-4(10)5(6,7)8;2*1-2;/h2,10H,1H3;;;/b4-2-;;;. The van der Waals surface area contributed by atoms with Crippen molar-refractivity contribution in [1.29, 1.82) is 0 Å². The van der Waals surface area contributed by atoms with Crippen LogP contribution in [0.25, 0.3) is 0 Å². The molecular formula is C7H5F3IrO4. The first-order valence-electron chi connectivity index (χ1n) is 2.73. The second-order valence-electron chi connectivity index (χ2n) is 1.64. The number of aliphatic hydroxyl groups is 1. The van der Waals surface area contributed by atoms with Crippen LogP contribution in [0.4, 0.5) is 13.2 Å². The van der Waals surface area contributed by atoms with Crippen LogP contribution in [0.1, 0.15) is 6.92 Å². The smallest absolute Gasteiger partial charge is 0 e. The molecule has 0 heterocycles. The Morgan fingerprint density at radius 3 is 1.60 bits per heavy atom. The summed E-state index contributed by atoms with van der Waals surface area (Å²) in [6.07, 6.45) is -4.69. The third-order valence-corrected chi connectivity index (χ3v) is 0.630. The van der Waals surface area contributed by atoms with E-state index in [1.165, 1.54) is 0 Å². The molecule has 1 radical (unpaired) electrons. The van der Waals surface area contributed by atoms with E-state index in [1.807, 2.05) is 0 Å². The van der Waals surface area contributed by atoms with Crippen LogP contribution < -0.4 is 0 Å². The van der Waals surface area contributed by atoms with E-state index in [2.05, 4.69) is 13.3 Å². The van der Waals surface area contributed by atoms with Crippen LogP contribution in [-0.2, 0) is 34.2 Å². The van der Waals surface area contributed by atoms with Gasteiger partial charge < -0.3 is 5.11 Å². The van der Waals surface area contributed by atoms with Gasteiger partial charge in [0.25, 0.3) is 0 Å². The van der Waals surface area contributed by atoms with E-state index < -0.39 is 17.7 Å². The molecule has 0 saturated carbocycles. The average Bonchev–Trinajstić information content (AvgIpc) is 2.09. The summed E-state index contributed by atoms with van der Waals surface area (Å²) in [4.78, 5) is 9.96. The molecule has 0 bridgehead atoms. The molecule has 0 spiro atoms. The minimum Gasteiger partial charge on any atom is 0 e. The quantitative estimate of drug-likeness (QED) is 0.312. The first-order chi connectivity index (χ1) is 6.34. The van der Waals surface area contributed by atoms with Crippen molar-refractivity contribution in [3.05, 3.63) is 25.1 Å². The molecule has 0 amide bonds. The van der Waals surface area contributed by atoms with Crippen molar-refractivity contribution in [2.24, 2.45) is 0 Å². The van der Waals surface area contributed by atoms with Gasteiger partial charge in [0, 0.05) is 26.2 Å². The normalized spacial score (nSPS) is 9.20. The summed E-state index contributed by atoms with van der Waals surface area (Å²) in [5.74, 6) is -2.70. The molecule has 8 heteroatoms. The maximum atomic E-state index is 11.3. The van der Waals surface area contributed by atoms with Crippen LogP contribution in [0.2, 0.25) is 0 Å². The van der Waals surface area contributed by atoms with E-state index in [0.29, 0.717) is 0 Å². The van der Waals surface area contributed by atoms with E-state index >= 15 is 0 Å². The van der Waals surface area contributed by atoms with Crippen LogP contribution in [0.5, 0.6) is 0 Å². The zero-order valence-electron chi connectivity index (χ0n) is 7.22. The van der Waals surface area contributed by atoms with Gasteiger partial charge in [0.1, 0.15) is 0 Å². The van der Waals surface area contributed by atoms with Crippen LogP contribution in [0, 0.1) is 13.3 Å². The molecule has 1 N–H and O–H groups in total. The van der Waals surface area contributed by atoms with Crippen molar-refractivity contribution in [2.45, 2.75) is 13.1 Å². The van der Waals surface area contributed by atoms with Crippen molar-refractivity contribution in [3.8, 4) is 0 Å². The fourth-order valence-corrected chi connectivity index (χ4v) is 0.274. The molecule has 87 valence electrons. The number of ketones is 1. The molecule has 0 aliphatic carbocycles. The number of hydrogen-bond donors (Lipinski definition) is 1. The number of halogens is 3. The molecule has 0 aliphatic heterocycles. The van der Waals surface area contributed by atoms with Gasteiger partial charge in [-0.1, -0.05) is 0 Å². The van der Waals surface area contributed by atoms with Gasteiger partial charge in [-0.15, -0.1) is 0 Å². The molecule has 0 atom stereocenters. The van der Waals surface area contributed by atoms with Gasteiger partial charge in [-0.05, 0) is 6.92 Å². The Hall–Kier alpha value is -0.871. The maximum Gasteiger partial charge on any atom is 0 e. The summed E-state index contributed by atoms with van der Waals surface area (Å²) in [5.41, 5.74) is 0. The largest absolute Gasteiger partial charge is 0 e. The summed E-state index contributed by atoms with van der Waals surface area (Å²) in [6.45, 7) is 9.92. The summed E-state index contributed by atoms with van der Waals surface area (Å²) in [6, 6.07) is 0.